The van der Waals surface area contributed by atoms with Crippen molar-refractivity contribution in [3.8, 4) is 5.75 Å². The first-order chi connectivity index (χ1) is 26.3. The molecule has 1 aromatic rings. The zero-order chi connectivity index (χ0) is 39.3. The van der Waals surface area contributed by atoms with Gasteiger partial charge in [0.1, 0.15) is 19.0 Å². The molecule has 0 saturated heterocycles. The summed E-state index contributed by atoms with van der Waals surface area (Å²) >= 11 is 0. The standard InChI is InChI=1S/C39H66N4O11/c1-2-3-19-41-37(46)31-52-28-27-51-25-22-43-38(47)32-53-29-26-50-24-21-42-36(45)18-14-20-40-35(44)17-11-9-7-5-4-6-8-10-12-23-54-34-16-13-15-33(30-34)39(48)49/h13,15-16,30H,2-12,14,17-29,31-32H2,1H3,(H,40,44)(H,41,46)(H,42,45)(H,43,47)(H,48,49). The van der Waals surface area contributed by atoms with Crippen LogP contribution < -0.4 is 26.0 Å². The van der Waals surface area contributed by atoms with Gasteiger partial charge < -0.3 is 50.1 Å². The van der Waals surface area contributed by atoms with Gasteiger partial charge in [0.05, 0.1) is 51.8 Å². The Morgan fingerprint density at radius 3 is 1.59 bits per heavy atom. The summed E-state index contributed by atoms with van der Waals surface area (Å²) in [5.41, 5.74) is 0.231. The quantitative estimate of drug-likeness (QED) is 0.0618. The summed E-state index contributed by atoms with van der Waals surface area (Å²) in [5.74, 6) is -0.845. The van der Waals surface area contributed by atoms with Crippen LogP contribution in [0.2, 0.25) is 0 Å². The minimum atomic E-state index is -0.956. The number of carboxylic acids is 1. The molecule has 15 heteroatoms. The van der Waals surface area contributed by atoms with E-state index in [2.05, 4.69) is 28.2 Å². The Hall–Kier alpha value is -3.79. The highest BCUT2D eigenvalue weighted by Gasteiger charge is 2.06. The molecule has 0 unspecified atom stereocenters. The van der Waals surface area contributed by atoms with E-state index >= 15 is 0 Å². The highest BCUT2D eigenvalue weighted by atomic mass is 16.5. The number of carbonyl (C=O) groups excluding carboxylic acids is 4. The Morgan fingerprint density at radius 2 is 1.00 bits per heavy atom. The number of benzene rings is 1. The smallest absolute Gasteiger partial charge is 0.335 e. The monoisotopic (exact) mass is 766 g/mol. The fraction of sp³-hybridized carbons (Fsp3) is 0.718. The minimum absolute atomic E-state index is 0.00571. The summed E-state index contributed by atoms with van der Waals surface area (Å²) < 4.78 is 26.9. The molecule has 0 fully saturated rings. The van der Waals surface area contributed by atoms with Gasteiger partial charge in [-0.1, -0.05) is 64.4 Å². The molecule has 0 heterocycles. The average molecular weight is 767 g/mol. The second-order valence-electron chi connectivity index (χ2n) is 12.8. The Labute approximate surface area is 321 Å². The topological polar surface area (TPSA) is 200 Å². The minimum Gasteiger partial charge on any atom is -0.494 e. The average Bonchev–Trinajstić information content (AvgIpc) is 3.16. The van der Waals surface area contributed by atoms with E-state index in [1.165, 1.54) is 12.8 Å². The molecule has 0 spiro atoms. The van der Waals surface area contributed by atoms with Crippen molar-refractivity contribution in [3.63, 3.8) is 0 Å². The van der Waals surface area contributed by atoms with Crippen LogP contribution in [-0.4, -0.2) is 120 Å². The highest BCUT2D eigenvalue weighted by Crippen LogP contribution is 2.15. The van der Waals surface area contributed by atoms with Gasteiger partial charge in [0.25, 0.3) is 0 Å². The van der Waals surface area contributed by atoms with Gasteiger partial charge in [0.15, 0.2) is 0 Å². The Kier molecular flexibility index (Phi) is 31.2. The first-order valence-corrected chi connectivity index (χ1v) is 19.7. The Bertz CT molecular complexity index is 1160. The fourth-order valence-electron chi connectivity index (χ4n) is 4.99. The third-order valence-electron chi connectivity index (χ3n) is 8.00. The second-order valence-corrected chi connectivity index (χ2v) is 12.8. The maximum atomic E-state index is 12.1. The number of amides is 4. The Balaban J connectivity index is 1.79. The van der Waals surface area contributed by atoms with Crippen molar-refractivity contribution >= 4 is 29.6 Å². The zero-order valence-electron chi connectivity index (χ0n) is 32.4. The summed E-state index contributed by atoms with van der Waals surface area (Å²) in [6, 6.07) is 6.55. The molecule has 54 heavy (non-hydrogen) atoms. The molecule has 1 rings (SSSR count). The van der Waals surface area contributed by atoms with Crippen LogP contribution in [0.3, 0.4) is 0 Å². The summed E-state index contributed by atoms with van der Waals surface area (Å²) in [6.07, 6.45) is 13.0. The number of unbranched alkanes of at least 4 members (excludes halogenated alkanes) is 9. The highest BCUT2D eigenvalue weighted by molar-refractivity contribution is 5.88. The van der Waals surface area contributed by atoms with Crippen LogP contribution in [0.4, 0.5) is 0 Å². The van der Waals surface area contributed by atoms with Crippen molar-refractivity contribution in [3.05, 3.63) is 29.8 Å². The number of carboxylic acid groups (broad SMARTS) is 1. The van der Waals surface area contributed by atoms with Crippen molar-refractivity contribution in [1.29, 1.82) is 0 Å². The summed E-state index contributed by atoms with van der Waals surface area (Å²) in [4.78, 5) is 58.4. The molecule has 1 aromatic carbocycles. The van der Waals surface area contributed by atoms with Crippen LogP contribution in [0.15, 0.2) is 24.3 Å². The number of aromatic carboxylic acids is 1. The van der Waals surface area contributed by atoms with E-state index in [9.17, 15) is 24.0 Å². The normalized spacial score (nSPS) is 10.8. The van der Waals surface area contributed by atoms with Crippen molar-refractivity contribution in [2.24, 2.45) is 0 Å². The van der Waals surface area contributed by atoms with Crippen LogP contribution in [0.25, 0.3) is 0 Å². The lowest BCUT2D eigenvalue weighted by Crippen LogP contribution is -2.32. The number of hydrogen-bond donors (Lipinski definition) is 5. The molecule has 5 N–H and O–H groups in total. The third kappa shape index (κ3) is 30.6. The summed E-state index contributed by atoms with van der Waals surface area (Å²) in [5, 5.41) is 20.2. The molecule has 0 bridgehead atoms. The third-order valence-corrected chi connectivity index (χ3v) is 8.00. The van der Waals surface area contributed by atoms with E-state index in [0.29, 0.717) is 90.8 Å². The van der Waals surface area contributed by atoms with Gasteiger partial charge in [-0.05, 0) is 43.9 Å². The van der Waals surface area contributed by atoms with Crippen LogP contribution in [-0.2, 0) is 38.1 Å². The molecule has 0 aliphatic heterocycles. The SMILES string of the molecule is CCCCNC(=O)COCCOCCNC(=O)COCCOCCNC(=O)CCCNC(=O)CCCCCCCCCCCOc1cccc(C(=O)O)c1. The molecule has 0 atom stereocenters. The van der Waals surface area contributed by atoms with Crippen molar-refractivity contribution < 1.29 is 52.8 Å². The van der Waals surface area contributed by atoms with Gasteiger partial charge in [-0.25, -0.2) is 4.79 Å². The Morgan fingerprint density at radius 1 is 0.519 bits per heavy atom. The predicted octanol–water partition coefficient (Wildman–Crippen LogP) is 3.78. The maximum absolute atomic E-state index is 12.1. The van der Waals surface area contributed by atoms with E-state index < -0.39 is 5.97 Å². The predicted molar refractivity (Wildman–Crippen MR) is 205 cm³/mol. The first kappa shape index (κ1) is 48.2. The molecule has 0 aliphatic rings. The maximum Gasteiger partial charge on any atom is 0.335 e. The fourth-order valence-corrected chi connectivity index (χ4v) is 4.99. The van der Waals surface area contributed by atoms with E-state index in [1.807, 2.05) is 0 Å². The van der Waals surface area contributed by atoms with Gasteiger partial charge in [0.2, 0.25) is 23.6 Å². The molecule has 308 valence electrons. The van der Waals surface area contributed by atoms with E-state index in [-0.39, 0.29) is 49.0 Å². The van der Waals surface area contributed by atoms with Crippen molar-refractivity contribution in [2.75, 3.05) is 85.6 Å². The van der Waals surface area contributed by atoms with Crippen LogP contribution in [0.1, 0.15) is 107 Å². The van der Waals surface area contributed by atoms with Gasteiger partial charge >= 0.3 is 5.97 Å². The molecule has 0 radical (unpaired) electrons. The number of rotatable bonds is 37. The lowest BCUT2D eigenvalue weighted by atomic mass is 10.1. The molecular weight excluding hydrogens is 700 g/mol. The second kappa shape index (κ2) is 34.9. The number of ether oxygens (including phenoxy) is 5. The molecule has 0 aliphatic carbocycles. The summed E-state index contributed by atoms with van der Waals surface area (Å²) in [6.45, 7) is 6.19. The van der Waals surface area contributed by atoms with Crippen LogP contribution >= 0.6 is 0 Å². The van der Waals surface area contributed by atoms with E-state index in [0.717, 1.165) is 57.8 Å². The lowest BCUT2D eigenvalue weighted by molar-refractivity contribution is -0.127. The molecule has 0 saturated carbocycles. The first-order valence-electron chi connectivity index (χ1n) is 19.7. The summed E-state index contributed by atoms with van der Waals surface area (Å²) in [7, 11) is 0. The van der Waals surface area contributed by atoms with Crippen LogP contribution in [0, 0.1) is 0 Å². The molecule has 4 amide bonds. The van der Waals surface area contributed by atoms with Gasteiger partial charge in [0, 0.05) is 39.0 Å². The van der Waals surface area contributed by atoms with Gasteiger partial charge in [-0.3, -0.25) is 19.2 Å². The van der Waals surface area contributed by atoms with Gasteiger partial charge in [-0.2, -0.15) is 0 Å². The number of carbonyl (C=O) groups is 5. The lowest BCUT2D eigenvalue weighted by Gasteiger charge is -2.09. The molecule has 15 nitrogen and oxygen atoms in total. The van der Waals surface area contributed by atoms with Crippen LogP contribution in [0.5, 0.6) is 5.75 Å². The molecular formula is C39H66N4O11. The van der Waals surface area contributed by atoms with Crippen molar-refractivity contribution in [2.45, 2.75) is 96.8 Å². The van der Waals surface area contributed by atoms with E-state index in [1.54, 1.807) is 24.3 Å². The zero-order valence-corrected chi connectivity index (χ0v) is 32.4. The number of nitrogens with one attached hydrogen (secondary N) is 4. The van der Waals surface area contributed by atoms with Crippen molar-refractivity contribution in [1.82, 2.24) is 21.3 Å². The largest absolute Gasteiger partial charge is 0.494 e. The molecule has 0 aromatic heterocycles. The number of hydrogen-bond acceptors (Lipinski definition) is 10. The van der Waals surface area contributed by atoms with E-state index in [4.69, 9.17) is 28.8 Å². The van der Waals surface area contributed by atoms with Gasteiger partial charge in [-0.15, -0.1) is 0 Å².